The van der Waals surface area contributed by atoms with Gasteiger partial charge in [-0.25, -0.2) is 0 Å². The van der Waals surface area contributed by atoms with E-state index in [1.807, 2.05) is 0 Å². The van der Waals surface area contributed by atoms with Gasteiger partial charge in [0.1, 0.15) is 6.15 Å². The summed E-state index contributed by atoms with van der Waals surface area (Å²) in [4.78, 5) is 0. The van der Waals surface area contributed by atoms with Crippen LogP contribution in [0.4, 0.5) is 105 Å². The van der Waals surface area contributed by atoms with Gasteiger partial charge in [-0.3, -0.25) is 0 Å². The molecule has 1 aliphatic carbocycles. The molecule has 7 aromatic rings. The molecule has 0 saturated heterocycles. The monoisotopic (exact) mass is 1570 g/mol. The third kappa shape index (κ3) is 21.4. The van der Waals surface area contributed by atoms with Crippen LogP contribution in [0.3, 0.4) is 0 Å². The van der Waals surface area contributed by atoms with E-state index < -0.39 is 204 Å². The van der Waals surface area contributed by atoms with E-state index in [1.54, 1.807) is 6.07 Å². The van der Waals surface area contributed by atoms with Crippen molar-refractivity contribution in [2.45, 2.75) is 91.0 Å². The Hall–Kier alpha value is -6.29. The van der Waals surface area contributed by atoms with Crippen LogP contribution >= 0.6 is 7.92 Å². The van der Waals surface area contributed by atoms with Gasteiger partial charge in [0.2, 0.25) is 0 Å². The van der Waals surface area contributed by atoms with Gasteiger partial charge < -0.3 is 0 Å². The molecule has 2 radical (unpaired) electrons. The van der Waals surface area contributed by atoms with Crippen LogP contribution in [0.5, 0.6) is 0 Å². The van der Waals surface area contributed by atoms with E-state index in [-0.39, 0.29) is 20.1 Å². The van der Waals surface area contributed by atoms with E-state index in [0.29, 0.717) is 7.92 Å². The van der Waals surface area contributed by atoms with Crippen molar-refractivity contribution in [3.8, 4) is 6.07 Å². The number of halogens is 24. The second kappa shape index (κ2) is 31.7. The summed E-state index contributed by atoms with van der Waals surface area (Å²) in [5, 5.41) is 11.6. The van der Waals surface area contributed by atoms with Crippen molar-refractivity contribution in [2.75, 3.05) is 20.0 Å². The zero-order chi connectivity index (χ0) is 71.0. The van der Waals surface area contributed by atoms with Gasteiger partial charge in [0.15, 0.2) is 8.80 Å². The summed E-state index contributed by atoms with van der Waals surface area (Å²) >= 11 is 0. The van der Waals surface area contributed by atoms with Gasteiger partial charge in [-0.05, 0) is 73.8 Å². The maximum atomic E-state index is 14.2. The van der Waals surface area contributed by atoms with E-state index >= 15 is 0 Å². The van der Waals surface area contributed by atoms with E-state index in [9.17, 15) is 105 Å². The third-order valence-corrected chi connectivity index (χ3v) is 18.5. The van der Waals surface area contributed by atoms with Crippen LogP contribution in [0.25, 0.3) is 0 Å². The van der Waals surface area contributed by atoms with E-state index in [0.717, 1.165) is 29.6 Å². The minimum atomic E-state index is -6.13. The van der Waals surface area contributed by atoms with Crippen LogP contribution in [-0.2, 0) is 69.5 Å². The number of nitriles is 1. The smallest absolute Gasteiger partial charge is 0.199 e. The molecule has 29 heteroatoms. The molecule has 0 atom stereocenters. The van der Waals surface area contributed by atoms with Crippen LogP contribution in [0.15, 0.2) is 164 Å². The Kier molecular flexibility index (Phi) is 27.7. The fourth-order valence-corrected chi connectivity index (χ4v) is 13.4. The van der Waals surface area contributed by atoms with Crippen molar-refractivity contribution < 1.29 is 125 Å². The fraction of sp³-hybridized carbons (Fsp3) is 0.338. The minimum Gasteiger partial charge on any atom is -0.199 e. The van der Waals surface area contributed by atoms with Crippen molar-refractivity contribution in [1.82, 2.24) is 0 Å². The first-order valence-corrected chi connectivity index (χ1v) is 31.9. The SMILES string of the molecule is CC#N.CC1C(C)C(C)C(C)C1C.CP(C)C.FC(F)(F)c1cc([B-](c2cc(C(F)(F)F)cc(C(F)(F)F)c2)(c2cc(C(F)(F)F)cc(C(F)(F)F)c2)c2cc(C(F)(F)F)cc(C(F)(F)F)c2)cc(C(F)(F)F)c1.[Ir].c1ccc([Si](c2ccccc2)c2ccccc2)cc1. The molecule has 1 saturated carbocycles. The Labute approximate surface area is 543 Å². The van der Waals surface area contributed by atoms with Crippen molar-refractivity contribution in [3.05, 3.63) is 208 Å². The van der Waals surface area contributed by atoms with Gasteiger partial charge in [-0.1, -0.05) is 190 Å². The molecule has 1 fully saturated rings. The van der Waals surface area contributed by atoms with Crippen molar-refractivity contribution >= 4 is 60.3 Å². The first-order valence-electron chi connectivity index (χ1n) is 27.7. The molecule has 94 heavy (non-hydrogen) atoms. The molecule has 0 aromatic heterocycles. The predicted octanol–water partition coefficient (Wildman–Crippen LogP) is 18.5. The zero-order valence-corrected chi connectivity index (χ0v) is 55.1. The normalized spacial score (nSPS) is 17.2. The van der Waals surface area contributed by atoms with Gasteiger partial charge >= 0.3 is 49.4 Å². The molecule has 1 aliphatic rings. The molecule has 0 heterocycles. The van der Waals surface area contributed by atoms with Gasteiger partial charge in [-0.2, -0.15) is 132 Å². The van der Waals surface area contributed by atoms with Crippen molar-refractivity contribution in [3.63, 3.8) is 0 Å². The van der Waals surface area contributed by atoms with E-state index in [2.05, 4.69) is 146 Å². The number of rotatable bonds is 7. The molecule has 0 amide bonds. The number of alkyl halides is 24. The zero-order valence-electron chi connectivity index (χ0n) is 50.9. The Bertz CT molecular complexity index is 3010. The maximum Gasteiger partial charge on any atom is 0.416 e. The molecule has 0 N–H and O–H groups in total. The van der Waals surface area contributed by atoms with Crippen LogP contribution in [0, 0.1) is 40.9 Å². The topological polar surface area (TPSA) is 23.8 Å². The van der Waals surface area contributed by atoms with Crippen LogP contribution < -0.4 is 37.4 Å². The molecule has 514 valence electrons. The van der Waals surface area contributed by atoms with Crippen molar-refractivity contribution in [1.29, 1.82) is 5.26 Å². The standard InChI is InChI=1S/C32H12BF24.C18H15Si.C10H20.C3H9P.C2H3N.Ir/c34-25(35,36)13-1-14(26(37,38)39)6-21(5-13)33(22-7-15(27(40,41)42)2-16(8-22)28(43,44)45,23-9-17(29(46,47)48)3-18(10-23)30(49,50)51)24-11-19(31(52,53)54)4-20(12-24)32(55,56)57;1-4-10-16(11-5-1)19(17-12-6-2-7-13-17)18-14-8-3-9-15-18;1-6-7(2)9(4)10(5)8(6)3;1-4(2)3;1-2-3;/h1-12H;1-15H;6-10H,1-5H3;1-3H3;1H3;/q-1;;;;;. The molecule has 8 rings (SSSR count). The summed E-state index contributed by atoms with van der Waals surface area (Å²) < 4.78 is 341. The van der Waals surface area contributed by atoms with Gasteiger partial charge in [0, 0.05) is 27.0 Å². The van der Waals surface area contributed by atoms with Crippen LogP contribution in [0.1, 0.15) is 86.1 Å². The molecule has 0 aliphatic heterocycles. The summed E-state index contributed by atoms with van der Waals surface area (Å²) in [5.41, 5.74) is -30.2. The van der Waals surface area contributed by atoms with E-state index in [4.69, 9.17) is 5.26 Å². The second-order valence-electron chi connectivity index (χ2n) is 22.6. The van der Waals surface area contributed by atoms with Gasteiger partial charge in [-0.15, -0.1) is 7.92 Å². The third-order valence-electron chi connectivity index (χ3n) is 15.8. The van der Waals surface area contributed by atoms with E-state index in [1.165, 1.54) is 22.5 Å². The molecule has 0 bridgehead atoms. The summed E-state index contributed by atoms with van der Waals surface area (Å²) in [7, 11) is -0.498. The molecule has 0 spiro atoms. The molecular formula is C65H59BF24IrNPSi-. The molecular weight excluding hydrogens is 1510 g/mol. The summed E-state index contributed by atoms with van der Waals surface area (Å²) in [6.45, 7) is 20.1. The van der Waals surface area contributed by atoms with Gasteiger partial charge in [0.05, 0.1) is 50.6 Å². The molecule has 7 aromatic carbocycles. The summed E-state index contributed by atoms with van der Waals surface area (Å²) in [5.74, 6) is 4.68. The Morgan fingerprint density at radius 1 is 0.309 bits per heavy atom. The van der Waals surface area contributed by atoms with Gasteiger partial charge in [0.25, 0.3) is 0 Å². The average Bonchev–Trinajstić information content (AvgIpc) is 0.810. The first kappa shape index (κ1) is 81.9. The molecule has 0 unspecified atom stereocenters. The summed E-state index contributed by atoms with van der Waals surface area (Å²) in [6, 6.07) is 25.4. The Morgan fingerprint density at radius 2 is 0.436 bits per heavy atom. The Morgan fingerprint density at radius 3 is 0.553 bits per heavy atom. The minimum absolute atomic E-state index is 0. The number of nitrogens with zero attached hydrogens (tertiary/aromatic N) is 1. The number of benzene rings is 7. The quantitative estimate of drug-likeness (QED) is 0.0675. The Balaban J connectivity index is 0.000000498. The fourth-order valence-electron chi connectivity index (χ4n) is 10.8. The maximum absolute atomic E-state index is 14.2. The average molecular weight is 1570 g/mol. The van der Waals surface area contributed by atoms with Crippen LogP contribution in [-0.4, -0.2) is 34.9 Å². The van der Waals surface area contributed by atoms with Crippen molar-refractivity contribution in [2.24, 2.45) is 29.6 Å². The van der Waals surface area contributed by atoms with Crippen LogP contribution in [0.2, 0.25) is 0 Å². The largest absolute Gasteiger partial charge is 0.416 e. The second-order valence-corrected chi connectivity index (χ2v) is 27.7. The number of hydrogen-bond acceptors (Lipinski definition) is 1. The molecule has 1 nitrogen and oxygen atoms in total. The first-order chi connectivity index (χ1) is 42.4. The predicted molar refractivity (Wildman–Crippen MR) is 316 cm³/mol. The number of hydrogen-bond donors (Lipinski definition) is 0. The summed E-state index contributed by atoms with van der Waals surface area (Å²) in [6.07, 6.45) is -54.8.